The molecule has 0 bridgehead atoms. The number of nitrogens with one attached hydrogen (secondary N) is 1. The van der Waals surface area contributed by atoms with Crippen molar-refractivity contribution < 1.29 is 0 Å². The predicted octanol–water partition coefficient (Wildman–Crippen LogP) is 2.03. The molecular formula is C15H27N5. The Kier molecular flexibility index (Phi) is 4.81. The first-order chi connectivity index (χ1) is 9.52. The quantitative estimate of drug-likeness (QED) is 0.892. The van der Waals surface area contributed by atoms with Crippen LogP contribution in [0.3, 0.4) is 0 Å². The largest absolute Gasteiger partial charge is 0.373 e. The summed E-state index contributed by atoms with van der Waals surface area (Å²) < 4.78 is 0. The maximum Gasteiger partial charge on any atom is 0.137 e. The Bertz CT molecular complexity index is 446. The van der Waals surface area contributed by atoms with Crippen molar-refractivity contribution >= 4 is 11.6 Å². The van der Waals surface area contributed by atoms with Gasteiger partial charge in [-0.3, -0.25) is 0 Å². The van der Waals surface area contributed by atoms with Gasteiger partial charge in [-0.2, -0.15) is 0 Å². The Labute approximate surface area is 122 Å². The van der Waals surface area contributed by atoms with Gasteiger partial charge in [0, 0.05) is 32.7 Å². The first-order valence-electron chi connectivity index (χ1n) is 7.45. The summed E-state index contributed by atoms with van der Waals surface area (Å²) in [6.07, 6.45) is 2.94. The van der Waals surface area contributed by atoms with Crippen LogP contribution < -0.4 is 10.2 Å². The third-order valence-electron chi connectivity index (χ3n) is 4.06. The van der Waals surface area contributed by atoms with Crippen molar-refractivity contribution in [2.24, 2.45) is 5.92 Å². The van der Waals surface area contributed by atoms with Gasteiger partial charge in [-0.1, -0.05) is 13.8 Å². The van der Waals surface area contributed by atoms with E-state index in [9.17, 15) is 0 Å². The number of hydrogen-bond acceptors (Lipinski definition) is 5. The van der Waals surface area contributed by atoms with Crippen LogP contribution in [0, 0.1) is 5.92 Å². The number of hydrogen-bond donors (Lipinski definition) is 1. The van der Waals surface area contributed by atoms with E-state index in [2.05, 4.69) is 53.0 Å². The van der Waals surface area contributed by atoms with E-state index in [1.165, 1.54) is 25.1 Å². The molecule has 0 amide bonds. The van der Waals surface area contributed by atoms with Crippen molar-refractivity contribution in [1.82, 2.24) is 14.9 Å². The summed E-state index contributed by atoms with van der Waals surface area (Å²) in [5.74, 6) is 3.15. The molecule has 1 atom stereocenters. The number of anilines is 2. The lowest BCUT2D eigenvalue weighted by atomic mass is 10.0. The van der Waals surface area contributed by atoms with E-state index in [0.29, 0.717) is 5.92 Å². The maximum atomic E-state index is 4.53. The number of rotatable bonds is 5. The standard InChI is InChI=1S/C15H27N5/c1-11(2)13-14(16-3)17-10-18-15(13)20(5)9-12-6-7-19(4)8-12/h10-12H,6-9H2,1-5H3,(H,16,17,18). The molecule has 0 spiro atoms. The Balaban J connectivity index is 2.18. The van der Waals surface area contributed by atoms with Gasteiger partial charge in [-0.15, -0.1) is 0 Å². The summed E-state index contributed by atoms with van der Waals surface area (Å²) in [6, 6.07) is 0. The van der Waals surface area contributed by atoms with E-state index in [0.717, 1.165) is 24.1 Å². The minimum atomic E-state index is 0.405. The molecule has 1 saturated heterocycles. The van der Waals surface area contributed by atoms with Crippen LogP contribution in [0.15, 0.2) is 6.33 Å². The molecule has 112 valence electrons. The summed E-state index contributed by atoms with van der Waals surface area (Å²) in [5, 5.41) is 3.19. The predicted molar refractivity (Wildman–Crippen MR) is 84.5 cm³/mol. The Hall–Kier alpha value is -1.36. The summed E-state index contributed by atoms with van der Waals surface area (Å²) >= 11 is 0. The first-order valence-corrected chi connectivity index (χ1v) is 7.45. The second-order valence-corrected chi connectivity index (χ2v) is 6.16. The molecule has 1 fully saturated rings. The minimum absolute atomic E-state index is 0.405. The normalized spacial score (nSPS) is 19.6. The zero-order chi connectivity index (χ0) is 14.7. The van der Waals surface area contributed by atoms with Crippen molar-refractivity contribution in [3.63, 3.8) is 0 Å². The lowest BCUT2D eigenvalue weighted by molar-refractivity contribution is 0.395. The van der Waals surface area contributed by atoms with Gasteiger partial charge in [0.1, 0.15) is 18.0 Å². The molecule has 0 radical (unpaired) electrons. The molecular weight excluding hydrogens is 250 g/mol. The molecule has 20 heavy (non-hydrogen) atoms. The van der Waals surface area contributed by atoms with Crippen molar-refractivity contribution in [3.05, 3.63) is 11.9 Å². The second kappa shape index (κ2) is 6.39. The van der Waals surface area contributed by atoms with Gasteiger partial charge in [0.2, 0.25) is 0 Å². The molecule has 0 aliphatic carbocycles. The van der Waals surface area contributed by atoms with Crippen molar-refractivity contribution in [3.8, 4) is 0 Å². The second-order valence-electron chi connectivity index (χ2n) is 6.16. The Morgan fingerprint density at radius 1 is 1.45 bits per heavy atom. The zero-order valence-electron chi connectivity index (χ0n) is 13.3. The molecule has 5 heteroatoms. The zero-order valence-corrected chi connectivity index (χ0v) is 13.3. The highest BCUT2D eigenvalue weighted by Gasteiger charge is 2.23. The van der Waals surface area contributed by atoms with Crippen LogP contribution in [0.4, 0.5) is 11.6 Å². The maximum absolute atomic E-state index is 4.53. The summed E-state index contributed by atoms with van der Waals surface area (Å²) in [7, 11) is 6.26. The molecule has 0 aromatic carbocycles. The molecule has 0 saturated carbocycles. The van der Waals surface area contributed by atoms with E-state index in [4.69, 9.17) is 0 Å². The van der Waals surface area contributed by atoms with E-state index in [-0.39, 0.29) is 0 Å². The van der Waals surface area contributed by atoms with Crippen LogP contribution in [0.25, 0.3) is 0 Å². The fraction of sp³-hybridized carbons (Fsp3) is 0.733. The Morgan fingerprint density at radius 2 is 2.20 bits per heavy atom. The van der Waals surface area contributed by atoms with Gasteiger partial charge in [0.15, 0.2) is 0 Å². The highest BCUT2D eigenvalue weighted by atomic mass is 15.2. The summed E-state index contributed by atoms with van der Waals surface area (Å²) in [5.41, 5.74) is 1.21. The van der Waals surface area contributed by atoms with Gasteiger partial charge in [-0.05, 0) is 31.8 Å². The lowest BCUT2D eigenvalue weighted by Gasteiger charge is -2.26. The van der Waals surface area contributed by atoms with Crippen molar-refractivity contribution in [2.45, 2.75) is 26.2 Å². The fourth-order valence-corrected chi connectivity index (χ4v) is 3.07. The van der Waals surface area contributed by atoms with Gasteiger partial charge in [0.05, 0.1) is 0 Å². The molecule has 1 aliphatic heterocycles. The fourth-order valence-electron chi connectivity index (χ4n) is 3.07. The molecule has 1 aliphatic rings. The van der Waals surface area contributed by atoms with Crippen LogP contribution in [0.5, 0.6) is 0 Å². The SMILES string of the molecule is CNc1ncnc(N(C)CC2CCN(C)C2)c1C(C)C. The third-order valence-corrected chi connectivity index (χ3v) is 4.06. The first kappa shape index (κ1) is 15.0. The topological polar surface area (TPSA) is 44.3 Å². The molecule has 1 unspecified atom stereocenters. The number of likely N-dealkylation sites (tertiary alicyclic amines) is 1. The van der Waals surface area contributed by atoms with Crippen LogP contribution in [-0.2, 0) is 0 Å². The smallest absolute Gasteiger partial charge is 0.137 e. The van der Waals surface area contributed by atoms with Crippen LogP contribution in [0.1, 0.15) is 31.7 Å². The van der Waals surface area contributed by atoms with Gasteiger partial charge in [-0.25, -0.2) is 9.97 Å². The number of aromatic nitrogens is 2. The average molecular weight is 277 g/mol. The highest BCUT2D eigenvalue weighted by Crippen LogP contribution is 2.30. The summed E-state index contributed by atoms with van der Waals surface area (Å²) in [4.78, 5) is 13.6. The molecule has 5 nitrogen and oxygen atoms in total. The molecule has 1 aromatic heterocycles. The van der Waals surface area contributed by atoms with Crippen molar-refractivity contribution in [2.75, 3.05) is 51.0 Å². The molecule has 1 aromatic rings. The average Bonchev–Trinajstić information content (AvgIpc) is 2.82. The third kappa shape index (κ3) is 3.20. The van der Waals surface area contributed by atoms with E-state index < -0.39 is 0 Å². The van der Waals surface area contributed by atoms with Crippen LogP contribution in [0.2, 0.25) is 0 Å². The Morgan fingerprint density at radius 3 is 2.75 bits per heavy atom. The van der Waals surface area contributed by atoms with Crippen LogP contribution >= 0.6 is 0 Å². The number of nitrogens with zero attached hydrogens (tertiary/aromatic N) is 4. The molecule has 2 rings (SSSR count). The van der Waals surface area contributed by atoms with E-state index in [1.807, 2.05) is 7.05 Å². The van der Waals surface area contributed by atoms with Crippen molar-refractivity contribution in [1.29, 1.82) is 0 Å². The lowest BCUT2D eigenvalue weighted by Crippen LogP contribution is -2.29. The molecule has 2 heterocycles. The van der Waals surface area contributed by atoms with Crippen LogP contribution in [-0.4, -0.2) is 55.6 Å². The van der Waals surface area contributed by atoms with Gasteiger partial charge >= 0.3 is 0 Å². The van der Waals surface area contributed by atoms with E-state index in [1.54, 1.807) is 6.33 Å². The van der Waals surface area contributed by atoms with E-state index >= 15 is 0 Å². The van der Waals surface area contributed by atoms with Gasteiger partial charge in [0.25, 0.3) is 0 Å². The monoisotopic (exact) mass is 277 g/mol. The van der Waals surface area contributed by atoms with Gasteiger partial charge < -0.3 is 15.1 Å². The minimum Gasteiger partial charge on any atom is -0.373 e. The highest BCUT2D eigenvalue weighted by molar-refractivity contribution is 5.59. The molecule has 1 N–H and O–H groups in total. The summed E-state index contributed by atoms with van der Waals surface area (Å²) in [6.45, 7) is 7.84.